The molecule has 1 rings (SSSR count). The molecule has 0 spiro atoms. The summed E-state index contributed by atoms with van der Waals surface area (Å²) in [6, 6.07) is -1.24. The van der Waals surface area contributed by atoms with Gasteiger partial charge in [-0.2, -0.15) is 0 Å². The first-order valence-electron chi connectivity index (χ1n) is 26.9. The van der Waals surface area contributed by atoms with Crippen molar-refractivity contribution in [1.82, 2.24) is 5.32 Å². The molecule has 9 N–H and O–H groups in total. The second kappa shape index (κ2) is 41.6. The molecule has 1 amide bonds. The lowest BCUT2D eigenvalue weighted by Crippen LogP contribution is -2.64. The Morgan fingerprint density at radius 3 is 1.29 bits per heavy atom. The smallest absolute Gasteiger partial charge is 0.393 e. The van der Waals surface area contributed by atoms with Crippen LogP contribution in [0, 0.1) is 0 Å². The quantitative estimate of drug-likeness (QED) is 0.0158. The molecular formula is C52H100NO12P. The molecule has 8 unspecified atom stereocenters. The summed E-state index contributed by atoms with van der Waals surface area (Å²) in [5.41, 5.74) is 0. The van der Waals surface area contributed by atoms with E-state index in [4.69, 9.17) is 9.05 Å². The number of amides is 1. The highest BCUT2D eigenvalue weighted by molar-refractivity contribution is 7.47. The molecule has 1 saturated carbocycles. The van der Waals surface area contributed by atoms with E-state index in [0.717, 1.165) is 64.2 Å². The van der Waals surface area contributed by atoms with Gasteiger partial charge in [-0.05, 0) is 44.9 Å². The second-order valence-corrected chi connectivity index (χ2v) is 20.7. The summed E-state index contributed by atoms with van der Waals surface area (Å²) in [6.45, 7) is 3.77. The Morgan fingerprint density at radius 2 is 0.879 bits per heavy atom. The molecule has 0 heterocycles. The molecule has 0 aliphatic heterocycles. The third kappa shape index (κ3) is 32.6. The van der Waals surface area contributed by atoms with Gasteiger partial charge in [-0.25, -0.2) is 4.57 Å². The summed E-state index contributed by atoms with van der Waals surface area (Å²) in [6.07, 6.45) is 34.0. The van der Waals surface area contributed by atoms with Gasteiger partial charge in [-0.3, -0.25) is 13.8 Å². The van der Waals surface area contributed by atoms with E-state index in [1.165, 1.54) is 147 Å². The molecule has 14 heteroatoms. The molecule has 0 bridgehead atoms. The van der Waals surface area contributed by atoms with Gasteiger partial charge in [0.05, 0.1) is 31.3 Å². The predicted molar refractivity (Wildman–Crippen MR) is 266 cm³/mol. The molecule has 390 valence electrons. The van der Waals surface area contributed by atoms with Crippen LogP contribution in [0.25, 0.3) is 0 Å². The van der Waals surface area contributed by atoms with Crippen LogP contribution in [0.3, 0.4) is 0 Å². The monoisotopic (exact) mass is 962 g/mol. The normalized spacial score (nSPS) is 22.5. The number of carbonyl (C=O) groups is 1. The molecule has 0 aromatic rings. The summed E-state index contributed by atoms with van der Waals surface area (Å²) >= 11 is 0. The lowest BCUT2D eigenvalue weighted by atomic mass is 9.85. The Balaban J connectivity index is 2.47. The first kappa shape index (κ1) is 62.8. The van der Waals surface area contributed by atoms with E-state index in [9.17, 15) is 50.0 Å². The minimum Gasteiger partial charge on any atom is -0.393 e. The van der Waals surface area contributed by atoms with Crippen LogP contribution >= 0.6 is 7.82 Å². The molecular weight excluding hydrogens is 862 g/mol. The summed E-state index contributed by atoms with van der Waals surface area (Å²) in [7, 11) is -5.15. The standard InChI is InChI=1S/C52H100NO12P/c1-3-5-7-9-11-13-15-17-19-21-22-24-25-27-29-31-33-35-37-39-43(54)41-46(56)53-44(42-64-66(62,63)65-52-50(60)48(58)47(57)49(59)51(52)61)45(55)40-38-36-34-32-30-28-26-23-20-18-16-14-12-10-8-6-4-2/h24-25,38,40,43-45,47-52,54-55,57-61H,3-23,26-37,39,41-42H2,1-2H3,(H,53,56)(H,62,63)/b25-24-,40-38+. The first-order valence-corrected chi connectivity index (χ1v) is 28.4. The van der Waals surface area contributed by atoms with Gasteiger partial charge < -0.3 is 46.0 Å². The number of unbranched alkanes of at least 4 members (excludes halogenated alkanes) is 30. The summed E-state index contributed by atoms with van der Waals surface area (Å²) in [5.74, 6) is -0.595. The number of aliphatic hydroxyl groups is 7. The van der Waals surface area contributed by atoms with Crippen molar-refractivity contribution in [2.45, 2.75) is 293 Å². The van der Waals surface area contributed by atoms with Crippen molar-refractivity contribution in [3.05, 3.63) is 24.3 Å². The van der Waals surface area contributed by atoms with E-state index >= 15 is 0 Å². The average molecular weight is 962 g/mol. The van der Waals surface area contributed by atoms with Crippen molar-refractivity contribution in [2.24, 2.45) is 0 Å². The number of allylic oxidation sites excluding steroid dienone is 3. The molecule has 0 aromatic heterocycles. The molecule has 1 aliphatic carbocycles. The van der Waals surface area contributed by atoms with E-state index in [1.807, 2.05) is 0 Å². The highest BCUT2D eigenvalue weighted by Crippen LogP contribution is 2.47. The van der Waals surface area contributed by atoms with Crippen LogP contribution in [0.4, 0.5) is 0 Å². The largest absolute Gasteiger partial charge is 0.472 e. The first-order chi connectivity index (χ1) is 31.8. The van der Waals surface area contributed by atoms with Crippen LogP contribution in [-0.4, -0.2) is 108 Å². The zero-order valence-corrected chi connectivity index (χ0v) is 42.5. The van der Waals surface area contributed by atoms with E-state index in [2.05, 4.69) is 31.3 Å². The van der Waals surface area contributed by atoms with Gasteiger partial charge >= 0.3 is 7.82 Å². The van der Waals surface area contributed by atoms with E-state index in [1.54, 1.807) is 6.08 Å². The number of rotatable bonds is 45. The van der Waals surface area contributed by atoms with E-state index in [0.29, 0.717) is 12.8 Å². The molecule has 1 aliphatic rings. The van der Waals surface area contributed by atoms with Crippen molar-refractivity contribution >= 4 is 13.7 Å². The van der Waals surface area contributed by atoms with Crippen molar-refractivity contribution in [3.8, 4) is 0 Å². The molecule has 1 fully saturated rings. The van der Waals surface area contributed by atoms with Gasteiger partial charge in [0, 0.05) is 0 Å². The van der Waals surface area contributed by atoms with E-state index < -0.39 is 75.2 Å². The maximum atomic E-state index is 13.1. The van der Waals surface area contributed by atoms with Crippen LogP contribution in [-0.2, 0) is 18.4 Å². The number of phosphoric acid groups is 1. The SMILES string of the molecule is CCCCCCCCCCCC/C=C\CCCCCCCC(O)CC(=O)NC(COP(=O)(O)OC1C(O)C(O)C(O)C(O)C1O)C(O)/C=C/CCCCCCCCCCCCCCCCC. The number of aliphatic hydroxyl groups excluding tert-OH is 7. The van der Waals surface area contributed by atoms with Crippen LogP contribution < -0.4 is 5.32 Å². The maximum absolute atomic E-state index is 13.1. The summed E-state index contributed by atoms with van der Waals surface area (Å²) < 4.78 is 23.0. The topological polar surface area (TPSA) is 226 Å². The fraction of sp³-hybridized carbons (Fsp3) is 0.904. The molecule has 13 nitrogen and oxygen atoms in total. The average Bonchev–Trinajstić information content (AvgIpc) is 3.29. The molecule has 66 heavy (non-hydrogen) atoms. The predicted octanol–water partition coefficient (Wildman–Crippen LogP) is 10.3. The highest BCUT2D eigenvalue weighted by Gasteiger charge is 2.51. The van der Waals surface area contributed by atoms with E-state index in [-0.39, 0.29) is 6.42 Å². The second-order valence-electron chi connectivity index (χ2n) is 19.3. The Labute approximate surface area is 401 Å². The van der Waals surface area contributed by atoms with Gasteiger partial charge in [-0.1, -0.05) is 212 Å². The number of hydrogen-bond acceptors (Lipinski definition) is 11. The van der Waals surface area contributed by atoms with Gasteiger partial charge in [0.2, 0.25) is 5.91 Å². The summed E-state index contributed by atoms with van der Waals surface area (Å²) in [4.78, 5) is 23.5. The van der Waals surface area contributed by atoms with Crippen LogP contribution in [0.5, 0.6) is 0 Å². The van der Waals surface area contributed by atoms with Gasteiger partial charge in [0.1, 0.15) is 36.6 Å². The van der Waals surface area contributed by atoms with Crippen LogP contribution in [0.15, 0.2) is 24.3 Å². The fourth-order valence-electron chi connectivity index (χ4n) is 8.65. The van der Waals surface area contributed by atoms with Crippen LogP contribution in [0.2, 0.25) is 0 Å². The lowest BCUT2D eigenvalue weighted by Gasteiger charge is -2.41. The number of carbonyl (C=O) groups excluding carboxylic acids is 1. The fourth-order valence-corrected chi connectivity index (χ4v) is 9.62. The third-order valence-electron chi connectivity index (χ3n) is 13.0. The molecule has 8 atom stereocenters. The number of nitrogens with one attached hydrogen (secondary N) is 1. The Morgan fingerprint density at radius 1 is 0.530 bits per heavy atom. The number of phosphoric ester groups is 1. The third-order valence-corrected chi connectivity index (χ3v) is 14.0. The Hall–Kier alpha value is -1.22. The molecule has 0 radical (unpaired) electrons. The van der Waals surface area contributed by atoms with Gasteiger partial charge in [-0.15, -0.1) is 0 Å². The molecule has 0 saturated heterocycles. The van der Waals surface area contributed by atoms with Gasteiger partial charge in [0.25, 0.3) is 0 Å². The number of hydrogen-bond donors (Lipinski definition) is 9. The summed E-state index contributed by atoms with van der Waals surface area (Å²) in [5, 5.41) is 74.7. The van der Waals surface area contributed by atoms with Crippen LogP contribution in [0.1, 0.15) is 239 Å². The highest BCUT2D eigenvalue weighted by atomic mass is 31.2. The van der Waals surface area contributed by atoms with Crippen molar-refractivity contribution in [3.63, 3.8) is 0 Å². The zero-order chi connectivity index (χ0) is 48.7. The minimum atomic E-state index is -5.15. The zero-order valence-electron chi connectivity index (χ0n) is 41.6. The Kier molecular flexibility index (Phi) is 39.5. The van der Waals surface area contributed by atoms with Crippen molar-refractivity contribution in [2.75, 3.05) is 6.61 Å². The lowest BCUT2D eigenvalue weighted by molar-refractivity contribution is -0.220. The maximum Gasteiger partial charge on any atom is 0.472 e. The van der Waals surface area contributed by atoms with Gasteiger partial charge in [0.15, 0.2) is 0 Å². The Bertz CT molecular complexity index is 1230. The van der Waals surface area contributed by atoms with Crippen molar-refractivity contribution < 1.29 is 59.0 Å². The molecule has 0 aromatic carbocycles. The minimum absolute atomic E-state index is 0.248. The van der Waals surface area contributed by atoms with Crippen molar-refractivity contribution in [1.29, 1.82) is 0 Å².